The third-order valence-electron chi connectivity index (χ3n) is 2.96. The quantitative estimate of drug-likeness (QED) is 0.835. The Labute approximate surface area is 126 Å². The minimum Gasteiger partial charge on any atom is -0.337 e. The van der Waals surface area contributed by atoms with Crippen molar-refractivity contribution in [3.8, 4) is 12.3 Å². The van der Waals surface area contributed by atoms with Gasteiger partial charge in [-0.1, -0.05) is 45.7 Å². The highest BCUT2D eigenvalue weighted by Gasteiger charge is 2.24. The lowest BCUT2D eigenvalue weighted by Crippen LogP contribution is -2.44. The molecule has 2 amide bonds. The van der Waals surface area contributed by atoms with Crippen LogP contribution in [0, 0.1) is 18.3 Å². The summed E-state index contributed by atoms with van der Waals surface area (Å²) in [5.74, 6) is 3.68. The maximum absolute atomic E-state index is 11.9. The third-order valence-corrected chi connectivity index (χ3v) is 2.96. The van der Waals surface area contributed by atoms with E-state index in [4.69, 9.17) is 10.9 Å². The van der Waals surface area contributed by atoms with Crippen molar-refractivity contribution in [1.29, 1.82) is 0 Å². The molecule has 116 valence electrons. The van der Waals surface area contributed by atoms with Crippen LogP contribution in [0.2, 0.25) is 0 Å². The van der Waals surface area contributed by atoms with Crippen molar-refractivity contribution < 1.29 is 9.32 Å². The van der Waals surface area contributed by atoms with Crippen molar-refractivity contribution in [3.63, 3.8) is 0 Å². The molecule has 1 aromatic heterocycles. The van der Waals surface area contributed by atoms with Gasteiger partial charge in [0.2, 0.25) is 5.89 Å². The Morgan fingerprint density at radius 2 is 1.90 bits per heavy atom. The monoisotopic (exact) mass is 292 g/mol. The van der Waals surface area contributed by atoms with Gasteiger partial charge in [0.15, 0.2) is 5.82 Å². The number of terminal acetylenes is 1. The van der Waals surface area contributed by atoms with Crippen molar-refractivity contribution >= 4 is 6.03 Å². The molecular weight excluding hydrogens is 268 g/mol. The first-order chi connectivity index (χ1) is 9.65. The van der Waals surface area contributed by atoms with Crippen LogP contribution in [0.1, 0.15) is 59.3 Å². The summed E-state index contributed by atoms with van der Waals surface area (Å²) in [7, 11) is 0. The lowest BCUT2D eigenvalue weighted by molar-refractivity contribution is 0.230. The van der Waals surface area contributed by atoms with Gasteiger partial charge in [-0.2, -0.15) is 4.98 Å². The smallest absolute Gasteiger partial charge is 0.316 e. The number of nitrogens with one attached hydrogen (secondary N) is 2. The molecule has 1 heterocycles. The summed E-state index contributed by atoms with van der Waals surface area (Å²) in [6, 6.07) is -1.06. The van der Waals surface area contributed by atoms with E-state index in [2.05, 4.69) is 26.7 Å². The number of amides is 2. The van der Waals surface area contributed by atoms with E-state index in [1.807, 2.05) is 34.6 Å². The minimum absolute atomic E-state index is 0.159. The van der Waals surface area contributed by atoms with E-state index in [0.717, 1.165) is 0 Å². The van der Waals surface area contributed by atoms with E-state index >= 15 is 0 Å². The predicted molar refractivity (Wildman–Crippen MR) is 80.5 cm³/mol. The van der Waals surface area contributed by atoms with Crippen LogP contribution < -0.4 is 10.6 Å². The van der Waals surface area contributed by atoms with Gasteiger partial charge in [-0.25, -0.2) is 4.79 Å². The SMILES string of the molecule is C#C[C@H](NC(=O)N[C@H](C)c1nc(C(C)(C)C)no1)C(C)C. The lowest BCUT2D eigenvalue weighted by atomic mass is 9.96. The fourth-order valence-electron chi connectivity index (χ4n) is 1.56. The number of aromatic nitrogens is 2. The van der Waals surface area contributed by atoms with Gasteiger partial charge in [0.05, 0.1) is 6.04 Å². The summed E-state index contributed by atoms with van der Waals surface area (Å²) in [4.78, 5) is 16.2. The number of nitrogens with zero attached hydrogens (tertiary/aromatic N) is 2. The second-order valence-electron chi connectivity index (χ2n) is 6.43. The first-order valence-electron chi connectivity index (χ1n) is 7.02. The molecule has 0 aliphatic heterocycles. The topological polar surface area (TPSA) is 80.0 Å². The van der Waals surface area contributed by atoms with Gasteiger partial charge in [-0.15, -0.1) is 6.42 Å². The molecule has 1 aromatic rings. The Kier molecular flexibility index (Phi) is 5.36. The van der Waals surface area contributed by atoms with Crippen LogP contribution in [0.3, 0.4) is 0 Å². The van der Waals surface area contributed by atoms with Crippen molar-refractivity contribution in [2.45, 2.75) is 59.0 Å². The van der Waals surface area contributed by atoms with E-state index < -0.39 is 0 Å². The average molecular weight is 292 g/mol. The summed E-state index contributed by atoms with van der Waals surface area (Å²) >= 11 is 0. The van der Waals surface area contributed by atoms with Crippen molar-refractivity contribution in [3.05, 3.63) is 11.7 Å². The Hall–Kier alpha value is -2.03. The summed E-state index contributed by atoms with van der Waals surface area (Å²) in [6.45, 7) is 11.6. The van der Waals surface area contributed by atoms with Gasteiger partial charge in [-0.3, -0.25) is 0 Å². The number of rotatable bonds is 4. The molecule has 0 bridgehead atoms. The van der Waals surface area contributed by atoms with Crippen LogP contribution in [0.4, 0.5) is 4.79 Å². The normalized spacial score (nSPS) is 14.4. The largest absolute Gasteiger partial charge is 0.337 e. The third kappa shape index (κ3) is 4.78. The van der Waals surface area contributed by atoms with Crippen molar-refractivity contribution in [2.75, 3.05) is 0 Å². The van der Waals surface area contributed by atoms with Crippen LogP contribution in [0.5, 0.6) is 0 Å². The van der Waals surface area contributed by atoms with Crippen molar-refractivity contribution in [1.82, 2.24) is 20.8 Å². The highest BCUT2D eigenvalue weighted by atomic mass is 16.5. The Balaban J connectivity index is 2.65. The predicted octanol–water partition coefficient (Wildman–Crippen LogP) is 2.39. The van der Waals surface area contributed by atoms with E-state index in [-0.39, 0.29) is 29.4 Å². The maximum atomic E-state index is 11.9. The molecule has 6 nitrogen and oxygen atoms in total. The molecule has 1 rings (SSSR count). The maximum Gasteiger partial charge on any atom is 0.316 e. The summed E-state index contributed by atoms with van der Waals surface area (Å²) < 4.78 is 5.19. The van der Waals surface area contributed by atoms with Crippen LogP contribution >= 0.6 is 0 Å². The highest BCUT2D eigenvalue weighted by molar-refractivity contribution is 5.75. The molecule has 0 aromatic carbocycles. The van der Waals surface area contributed by atoms with E-state index in [9.17, 15) is 4.79 Å². The molecule has 0 unspecified atom stereocenters. The molecule has 0 radical (unpaired) electrons. The first kappa shape index (κ1) is 17.0. The molecule has 0 aliphatic rings. The van der Waals surface area contributed by atoms with Gasteiger partial charge >= 0.3 is 6.03 Å². The zero-order chi connectivity index (χ0) is 16.2. The van der Waals surface area contributed by atoms with Gasteiger partial charge in [0.1, 0.15) is 6.04 Å². The number of urea groups is 1. The Bertz CT molecular complexity index is 523. The van der Waals surface area contributed by atoms with Crippen LogP contribution in [-0.2, 0) is 5.41 Å². The van der Waals surface area contributed by atoms with E-state index in [1.165, 1.54) is 0 Å². The summed E-state index contributed by atoms with van der Waals surface area (Å²) in [5, 5.41) is 9.40. The Morgan fingerprint density at radius 3 is 2.33 bits per heavy atom. The van der Waals surface area contributed by atoms with Crippen LogP contribution in [0.25, 0.3) is 0 Å². The zero-order valence-electron chi connectivity index (χ0n) is 13.5. The van der Waals surface area contributed by atoms with Crippen LogP contribution in [-0.4, -0.2) is 22.2 Å². The fourth-order valence-corrected chi connectivity index (χ4v) is 1.56. The standard InChI is InChI=1S/C15H24N4O2/c1-8-11(9(2)3)17-14(20)16-10(4)12-18-13(19-21-12)15(5,6)7/h1,9-11H,2-7H3,(H2,16,17,20)/t10-,11+/m1/s1. The van der Waals surface area contributed by atoms with Gasteiger partial charge in [0, 0.05) is 5.41 Å². The Morgan fingerprint density at radius 1 is 1.29 bits per heavy atom. The highest BCUT2D eigenvalue weighted by Crippen LogP contribution is 2.20. The molecule has 0 fully saturated rings. The molecule has 21 heavy (non-hydrogen) atoms. The fraction of sp³-hybridized carbons (Fsp3) is 0.667. The van der Waals surface area contributed by atoms with Crippen LogP contribution in [0.15, 0.2) is 4.52 Å². The number of hydrogen-bond donors (Lipinski definition) is 2. The molecule has 0 saturated heterocycles. The minimum atomic E-state index is -0.390. The number of hydrogen-bond acceptors (Lipinski definition) is 4. The number of carbonyl (C=O) groups excluding carboxylic acids is 1. The summed E-state index contributed by atoms with van der Waals surface area (Å²) in [5.41, 5.74) is -0.198. The van der Waals surface area contributed by atoms with Crippen molar-refractivity contribution in [2.24, 2.45) is 5.92 Å². The number of carbonyl (C=O) groups is 1. The lowest BCUT2D eigenvalue weighted by Gasteiger charge is -2.18. The van der Waals surface area contributed by atoms with E-state index in [0.29, 0.717) is 11.7 Å². The van der Waals surface area contributed by atoms with Gasteiger partial charge in [-0.05, 0) is 12.8 Å². The first-order valence-corrected chi connectivity index (χ1v) is 7.02. The zero-order valence-corrected chi connectivity index (χ0v) is 13.5. The molecule has 0 aliphatic carbocycles. The average Bonchev–Trinajstić information content (AvgIpc) is 2.84. The molecule has 0 saturated carbocycles. The van der Waals surface area contributed by atoms with Gasteiger partial charge in [0.25, 0.3) is 0 Å². The molecule has 2 N–H and O–H groups in total. The second kappa shape index (κ2) is 6.61. The molecule has 6 heteroatoms. The molecule has 2 atom stereocenters. The summed E-state index contributed by atoms with van der Waals surface area (Å²) in [6.07, 6.45) is 5.38. The molecular formula is C15H24N4O2. The van der Waals surface area contributed by atoms with Gasteiger partial charge < -0.3 is 15.2 Å². The second-order valence-corrected chi connectivity index (χ2v) is 6.43. The van der Waals surface area contributed by atoms with E-state index in [1.54, 1.807) is 6.92 Å². The molecule has 0 spiro atoms.